The molecule has 156 valence electrons. The van der Waals surface area contributed by atoms with Crippen molar-refractivity contribution in [3.8, 4) is 0 Å². The van der Waals surface area contributed by atoms with Gasteiger partial charge in [0.25, 0.3) is 0 Å². The molecule has 0 unspecified atom stereocenters. The number of hydrogen-bond donors (Lipinski definition) is 1. The van der Waals surface area contributed by atoms with Gasteiger partial charge in [-0.2, -0.15) is 0 Å². The molecule has 0 spiro atoms. The van der Waals surface area contributed by atoms with Gasteiger partial charge in [0.15, 0.2) is 0 Å². The maximum absolute atomic E-state index is 12.5. The Balaban J connectivity index is 1.95. The molecule has 1 heterocycles. The van der Waals surface area contributed by atoms with Gasteiger partial charge in [-0.1, -0.05) is 42.1 Å². The molecule has 2 aromatic carbocycles. The first kappa shape index (κ1) is 21.7. The summed E-state index contributed by atoms with van der Waals surface area (Å²) in [5, 5.41) is 11.2. The van der Waals surface area contributed by atoms with Crippen molar-refractivity contribution < 1.29 is 14.6 Å². The van der Waals surface area contributed by atoms with Crippen molar-refractivity contribution in [1.29, 1.82) is 0 Å². The minimum Gasteiger partial charge on any atom is -0.506 e. The van der Waals surface area contributed by atoms with E-state index in [1.807, 2.05) is 48.5 Å². The number of thioether (sulfide) groups is 1. The predicted octanol–water partition coefficient (Wildman–Crippen LogP) is 5.73. The van der Waals surface area contributed by atoms with Crippen LogP contribution in [0.5, 0.6) is 0 Å². The average Bonchev–Trinajstić information content (AvgIpc) is 3.05. The number of ether oxygens (including phenoxy) is 1. The number of esters is 1. The van der Waals surface area contributed by atoms with E-state index in [9.17, 15) is 9.90 Å². The molecule has 0 atom stereocenters. The Morgan fingerprint density at radius 1 is 1.07 bits per heavy atom. The molecule has 2 aromatic rings. The molecule has 3 rings (SSSR count). The fourth-order valence-electron chi connectivity index (χ4n) is 3.13. The number of aliphatic hydroxyl groups is 1. The van der Waals surface area contributed by atoms with Crippen LogP contribution in [0.3, 0.4) is 0 Å². The number of carbonyl (C=O) groups excluding carboxylic acids is 1. The Labute approximate surface area is 181 Å². The molecule has 0 amide bonds. The second-order valence-electron chi connectivity index (χ2n) is 6.57. The first-order valence-electron chi connectivity index (χ1n) is 10.1. The molecule has 0 saturated carbocycles. The van der Waals surface area contributed by atoms with Gasteiger partial charge in [-0.25, -0.2) is 9.79 Å². The topological polar surface area (TPSA) is 62.1 Å². The van der Waals surface area contributed by atoms with Crippen molar-refractivity contribution in [1.82, 2.24) is 0 Å². The van der Waals surface area contributed by atoms with E-state index in [1.54, 1.807) is 6.92 Å². The van der Waals surface area contributed by atoms with E-state index in [1.165, 1.54) is 11.8 Å². The van der Waals surface area contributed by atoms with Crippen molar-refractivity contribution in [3.05, 3.63) is 76.4 Å². The van der Waals surface area contributed by atoms with Crippen LogP contribution >= 0.6 is 11.8 Å². The molecule has 0 aliphatic carbocycles. The van der Waals surface area contributed by atoms with Gasteiger partial charge < -0.3 is 14.7 Å². The molecule has 1 aliphatic heterocycles. The highest BCUT2D eigenvalue weighted by Gasteiger charge is 2.33. The maximum atomic E-state index is 12.5. The van der Waals surface area contributed by atoms with Crippen molar-refractivity contribution in [2.75, 3.05) is 24.6 Å². The number of benzene rings is 2. The van der Waals surface area contributed by atoms with Crippen molar-refractivity contribution >= 4 is 40.2 Å². The number of hydrogen-bond acceptors (Lipinski definition) is 6. The quantitative estimate of drug-likeness (QED) is 0.578. The fraction of sp³-hybridized carbons (Fsp3) is 0.250. The van der Waals surface area contributed by atoms with Gasteiger partial charge in [-0.15, -0.1) is 0 Å². The summed E-state index contributed by atoms with van der Waals surface area (Å²) in [7, 11) is 0. The maximum Gasteiger partial charge on any atom is 0.344 e. The zero-order chi connectivity index (χ0) is 21.5. The van der Waals surface area contributed by atoms with E-state index in [0.717, 1.165) is 24.3 Å². The number of para-hydroxylation sites is 1. The molecular weight excluding hydrogens is 396 g/mol. The van der Waals surface area contributed by atoms with E-state index in [4.69, 9.17) is 4.74 Å². The molecule has 0 aromatic heterocycles. The number of carbonyl (C=O) groups is 1. The highest BCUT2D eigenvalue weighted by Crippen LogP contribution is 2.40. The second-order valence-corrected chi connectivity index (χ2v) is 7.60. The first-order valence-corrected chi connectivity index (χ1v) is 10.9. The summed E-state index contributed by atoms with van der Waals surface area (Å²) in [5.41, 5.74) is 2.90. The molecule has 0 fully saturated rings. The van der Waals surface area contributed by atoms with Crippen molar-refractivity contribution in [2.45, 2.75) is 20.8 Å². The van der Waals surface area contributed by atoms with Crippen LogP contribution in [0.2, 0.25) is 0 Å². The van der Waals surface area contributed by atoms with Crippen LogP contribution in [0.1, 0.15) is 26.3 Å². The lowest BCUT2D eigenvalue weighted by Crippen LogP contribution is -2.21. The molecule has 30 heavy (non-hydrogen) atoms. The van der Waals surface area contributed by atoms with Gasteiger partial charge in [0.2, 0.25) is 0 Å². The molecule has 0 saturated heterocycles. The molecule has 0 bridgehead atoms. The largest absolute Gasteiger partial charge is 0.506 e. The van der Waals surface area contributed by atoms with Gasteiger partial charge >= 0.3 is 5.97 Å². The highest BCUT2D eigenvalue weighted by molar-refractivity contribution is 8.18. The third-order valence-electron chi connectivity index (χ3n) is 4.68. The fourth-order valence-corrected chi connectivity index (χ4v) is 4.17. The lowest BCUT2D eigenvalue weighted by atomic mass is 10.1. The Morgan fingerprint density at radius 2 is 1.73 bits per heavy atom. The van der Waals surface area contributed by atoms with Gasteiger partial charge in [0.05, 0.1) is 17.2 Å². The van der Waals surface area contributed by atoms with Gasteiger partial charge in [0.1, 0.15) is 16.4 Å². The lowest BCUT2D eigenvalue weighted by molar-refractivity contribution is -0.138. The summed E-state index contributed by atoms with van der Waals surface area (Å²) >= 11 is 1.27. The Hall–Kier alpha value is -2.99. The smallest absolute Gasteiger partial charge is 0.344 e. The highest BCUT2D eigenvalue weighted by atomic mass is 32.2. The molecule has 5 nitrogen and oxygen atoms in total. The van der Waals surface area contributed by atoms with E-state index < -0.39 is 5.97 Å². The summed E-state index contributed by atoms with van der Waals surface area (Å²) in [6, 6.07) is 17.5. The van der Waals surface area contributed by atoms with E-state index in [0.29, 0.717) is 15.6 Å². The molecular formula is C24H26N2O3S. The molecule has 0 radical (unpaired) electrons. The summed E-state index contributed by atoms with van der Waals surface area (Å²) in [4.78, 5) is 19.9. The average molecular weight is 423 g/mol. The number of anilines is 1. The number of aliphatic imine (C=N–C) groups is 1. The Kier molecular flexibility index (Phi) is 7.36. The SMILES string of the molecule is CCOC(=O)C1=C(O)/C(=C/c2ccc(N(CC)CC)cc2)SC1=Nc1ccccc1. The van der Waals surface area contributed by atoms with Crippen LogP contribution in [-0.4, -0.2) is 35.8 Å². The third kappa shape index (κ3) is 4.94. The van der Waals surface area contributed by atoms with E-state index in [-0.39, 0.29) is 17.9 Å². The predicted molar refractivity (Wildman–Crippen MR) is 125 cm³/mol. The van der Waals surface area contributed by atoms with Crippen LogP contribution in [0.15, 0.2) is 75.8 Å². The van der Waals surface area contributed by atoms with Crippen LogP contribution in [-0.2, 0) is 9.53 Å². The van der Waals surface area contributed by atoms with E-state index in [2.05, 4.69) is 35.9 Å². The minimum absolute atomic E-state index is 0.0963. The van der Waals surface area contributed by atoms with Gasteiger partial charge in [-0.3, -0.25) is 0 Å². The van der Waals surface area contributed by atoms with Gasteiger partial charge in [-0.05, 0) is 56.7 Å². The van der Waals surface area contributed by atoms with Crippen LogP contribution in [0.4, 0.5) is 11.4 Å². The second kappa shape index (κ2) is 10.2. The monoisotopic (exact) mass is 422 g/mol. The molecule has 1 aliphatic rings. The van der Waals surface area contributed by atoms with Crippen LogP contribution in [0.25, 0.3) is 6.08 Å². The summed E-state index contributed by atoms with van der Waals surface area (Å²) in [6.07, 6.45) is 1.86. The normalized spacial score (nSPS) is 16.4. The van der Waals surface area contributed by atoms with Gasteiger partial charge in [0, 0.05) is 18.8 Å². The Bertz CT molecular complexity index is 975. The number of aliphatic hydroxyl groups excluding tert-OH is 1. The van der Waals surface area contributed by atoms with Crippen LogP contribution in [0, 0.1) is 0 Å². The first-order chi connectivity index (χ1) is 14.6. The van der Waals surface area contributed by atoms with Crippen molar-refractivity contribution in [3.63, 3.8) is 0 Å². The molecule has 6 heteroatoms. The summed E-state index contributed by atoms with van der Waals surface area (Å²) in [5.74, 6) is -0.668. The number of nitrogens with zero attached hydrogens (tertiary/aromatic N) is 2. The van der Waals surface area contributed by atoms with Crippen LogP contribution < -0.4 is 4.90 Å². The Morgan fingerprint density at radius 3 is 2.33 bits per heavy atom. The standard InChI is InChI=1S/C24H26N2O3S/c1-4-26(5-2)19-14-12-17(13-15-19)16-20-22(27)21(24(28)29-6-3)23(30-20)25-18-10-8-7-9-11-18/h7-16,27H,4-6H2,1-3H3/b20-16-,25-23?. The third-order valence-corrected chi connectivity index (χ3v) is 5.70. The number of rotatable bonds is 7. The lowest BCUT2D eigenvalue weighted by Gasteiger charge is -2.20. The minimum atomic E-state index is -0.572. The zero-order valence-electron chi connectivity index (χ0n) is 17.5. The van der Waals surface area contributed by atoms with E-state index >= 15 is 0 Å². The summed E-state index contributed by atoms with van der Waals surface area (Å²) < 4.78 is 5.15. The summed E-state index contributed by atoms with van der Waals surface area (Å²) in [6.45, 7) is 8.10. The van der Waals surface area contributed by atoms with Crippen molar-refractivity contribution in [2.24, 2.45) is 4.99 Å². The molecule has 1 N–H and O–H groups in total. The zero-order valence-corrected chi connectivity index (χ0v) is 18.3.